The summed E-state index contributed by atoms with van der Waals surface area (Å²) in [6.07, 6.45) is 0.448. The first kappa shape index (κ1) is 15.6. The van der Waals surface area contributed by atoms with Crippen LogP contribution >= 0.6 is 0 Å². The minimum Gasteiger partial charge on any atom is -0.476 e. The summed E-state index contributed by atoms with van der Waals surface area (Å²) in [6, 6.07) is 12.5. The van der Waals surface area contributed by atoms with Gasteiger partial charge in [0.25, 0.3) is 0 Å². The highest BCUT2D eigenvalue weighted by Gasteiger charge is 2.19. The Morgan fingerprint density at radius 1 is 1.21 bits per heavy atom. The SMILES string of the molecule is C[C@@H](Oc1ccccc1F)C(=O)Oc1cccc(-n2cnnn2)c1. The Kier molecular flexibility index (Phi) is 4.46. The van der Waals surface area contributed by atoms with E-state index in [1.54, 1.807) is 30.3 Å². The van der Waals surface area contributed by atoms with Crippen molar-refractivity contribution < 1.29 is 18.7 Å². The van der Waals surface area contributed by atoms with Crippen LogP contribution in [0.4, 0.5) is 4.39 Å². The standard InChI is InChI=1S/C16H13FN4O3/c1-11(23-15-8-3-2-7-14(15)17)16(22)24-13-6-4-5-12(9-13)21-10-18-19-20-21/h2-11H,1H3/t11-/m1/s1. The Balaban J connectivity index is 1.68. The summed E-state index contributed by atoms with van der Waals surface area (Å²) in [6.45, 7) is 1.49. The van der Waals surface area contributed by atoms with Gasteiger partial charge in [0.05, 0.1) is 5.69 Å². The first-order chi connectivity index (χ1) is 11.6. The first-order valence-electron chi connectivity index (χ1n) is 7.10. The van der Waals surface area contributed by atoms with Crippen LogP contribution in [-0.4, -0.2) is 32.3 Å². The third-order valence-electron chi connectivity index (χ3n) is 3.12. The fourth-order valence-electron chi connectivity index (χ4n) is 1.95. The summed E-state index contributed by atoms with van der Waals surface area (Å²) in [4.78, 5) is 12.1. The summed E-state index contributed by atoms with van der Waals surface area (Å²) < 4.78 is 25.5. The molecule has 3 rings (SSSR count). The molecular weight excluding hydrogens is 315 g/mol. The minimum absolute atomic E-state index is 0.00982. The molecule has 0 saturated heterocycles. The van der Waals surface area contributed by atoms with Gasteiger partial charge in [-0.15, -0.1) is 5.10 Å². The number of para-hydroxylation sites is 1. The van der Waals surface area contributed by atoms with Gasteiger partial charge in [-0.25, -0.2) is 13.9 Å². The van der Waals surface area contributed by atoms with Gasteiger partial charge in [-0.3, -0.25) is 0 Å². The van der Waals surface area contributed by atoms with Gasteiger partial charge < -0.3 is 9.47 Å². The number of halogens is 1. The number of nitrogens with zero attached hydrogens (tertiary/aromatic N) is 4. The number of hydrogen-bond donors (Lipinski definition) is 0. The van der Waals surface area contributed by atoms with Crippen LogP contribution in [0.25, 0.3) is 5.69 Å². The number of hydrogen-bond acceptors (Lipinski definition) is 6. The lowest BCUT2D eigenvalue weighted by Gasteiger charge is -2.14. The third-order valence-corrected chi connectivity index (χ3v) is 3.12. The lowest BCUT2D eigenvalue weighted by atomic mass is 10.3. The number of esters is 1. The first-order valence-corrected chi connectivity index (χ1v) is 7.10. The van der Waals surface area contributed by atoms with E-state index in [9.17, 15) is 9.18 Å². The second-order valence-electron chi connectivity index (χ2n) is 4.86. The van der Waals surface area contributed by atoms with Crippen LogP contribution in [-0.2, 0) is 4.79 Å². The number of aromatic nitrogens is 4. The second kappa shape index (κ2) is 6.86. The molecule has 0 aliphatic rings. The molecule has 3 aromatic rings. The van der Waals surface area contributed by atoms with Gasteiger partial charge in [0.2, 0.25) is 0 Å². The van der Waals surface area contributed by atoms with Crippen molar-refractivity contribution in [3.05, 3.63) is 60.7 Å². The molecule has 0 unspecified atom stereocenters. The average molecular weight is 328 g/mol. The molecule has 122 valence electrons. The van der Waals surface area contributed by atoms with Gasteiger partial charge in [0.15, 0.2) is 17.7 Å². The van der Waals surface area contributed by atoms with Gasteiger partial charge >= 0.3 is 5.97 Å². The number of ether oxygens (including phenoxy) is 2. The summed E-state index contributed by atoms with van der Waals surface area (Å²) in [5, 5.41) is 10.8. The smallest absolute Gasteiger partial charge is 0.352 e. The molecule has 0 spiro atoms. The van der Waals surface area contributed by atoms with Gasteiger partial charge in [-0.05, 0) is 41.6 Å². The average Bonchev–Trinajstić information content (AvgIpc) is 3.12. The molecule has 7 nitrogen and oxygen atoms in total. The number of rotatable bonds is 5. The van der Waals surface area contributed by atoms with E-state index in [1.165, 1.54) is 36.1 Å². The van der Waals surface area contributed by atoms with Crippen molar-refractivity contribution in [1.82, 2.24) is 20.2 Å². The molecule has 0 radical (unpaired) electrons. The molecular formula is C16H13FN4O3. The number of carbonyl (C=O) groups is 1. The largest absolute Gasteiger partial charge is 0.476 e. The molecule has 0 fully saturated rings. The molecule has 0 bridgehead atoms. The molecule has 0 aliphatic carbocycles. The highest BCUT2D eigenvalue weighted by molar-refractivity contribution is 5.77. The molecule has 0 amide bonds. The predicted molar refractivity (Wildman–Crippen MR) is 81.3 cm³/mol. The topological polar surface area (TPSA) is 79.1 Å². The maximum atomic E-state index is 13.6. The maximum absolute atomic E-state index is 13.6. The van der Waals surface area contributed by atoms with Gasteiger partial charge in [0.1, 0.15) is 12.1 Å². The molecule has 1 atom stereocenters. The Labute approximate surface area is 136 Å². The zero-order chi connectivity index (χ0) is 16.9. The maximum Gasteiger partial charge on any atom is 0.352 e. The highest BCUT2D eigenvalue weighted by atomic mass is 19.1. The van der Waals surface area contributed by atoms with E-state index >= 15 is 0 Å². The number of carbonyl (C=O) groups excluding carboxylic acids is 1. The lowest BCUT2D eigenvalue weighted by Crippen LogP contribution is -2.28. The third kappa shape index (κ3) is 3.54. The van der Waals surface area contributed by atoms with E-state index in [-0.39, 0.29) is 5.75 Å². The Morgan fingerprint density at radius 3 is 2.79 bits per heavy atom. The fourth-order valence-corrected chi connectivity index (χ4v) is 1.95. The molecule has 0 saturated carbocycles. The predicted octanol–water partition coefficient (Wildman–Crippen LogP) is 2.17. The summed E-state index contributed by atoms with van der Waals surface area (Å²) in [7, 11) is 0. The van der Waals surface area contributed by atoms with Crippen LogP contribution < -0.4 is 9.47 Å². The second-order valence-corrected chi connectivity index (χ2v) is 4.86. The number of tetrazole rings is 1. The molecule has 1 heterocycles. The fraction of sp³-hybridized carbons (Fsp3) is 0.125. The van der Waals surface area contributed by atoms with E-state index in [0.717, 1.165) is 0 Å². The Morgan fingerprint density at radius 2 is 2.04 bits per heavy atom. The lowest BCUT2D eigenvalue weighted by molar-refractivity contribution is -0.141. The van der Waals surface area contributed by atoms with E-state index in [1.807, 2.05) is 0 Å². The zero-order valence-corrected chi connectivity index (χ0v) is 12.7. The quantitative estimate of drug-likeness (QED) is 0.527. The van der Waals surface area contributed by atoms with Crippen molar-refractivity contribution >= 4 is 5.97 Å². The van der Waals surface area contributed by atoms with Crippen LogP contribution in [0.5, 0.6) is 11.5 Å². The Bertz CT molecular complexity index is 839. The van der Waals surface area contributed by atoms with Crippen LogP contribution in [0, 0.1) is 5.82 Å². The van der Waals surface area contributed by atoms with E-state index in [4.69, 9.17) is 9.47 Å². The zero-order valence-electron chi connectivity index (χ0n) is 12.7. The van der Waals surface area contributed by atoms with E-state index in [2.05, 4.69) is 15.5 Å². The molecule has 24 heavy (non-hydrogen) atoms. The number of benzene rings is 2. The summed E-state index contributed by atoms with van der Waals surface area (Å²) >= 11 is 0. The summed E-state index contributed by atoms with van der Waals surface area (Å²) in [5.74, 6) is -0.897. The normalized spacial score (nSPS) is 11.8. The van der Waals surface area contributed by atoms with Crippen LogP contribution in [0.3, 0.4) is 0 Å². The van der Waals surface area contributed by atoms with Crippen molar-refractivity contribution in [2.24, 2.45) is 0 Å². The van der Waals surface area contributed by atoms with Crippen LogP contribution in [0.2, 0.25) is 0 Å². The molecule has 2 aromatic carbocycles. The van der Waals surface area contributed by atoms with Gasteiger partial charge in [-0.1, -0.05) is 18.2 Å². The Hall–Kier alpha value is -3.29. The molecule has 0 aliphatic heterocycles. The van der Waals surface area contributed by atoms with Crippen molar-refractivity contribution in [3.8, 4) is 17.2 Å². The van der Waals surface area contributed by atoms with Crippen molar-refractivity contribution in [1.29, 1.82) is 0 Å². The van der Waals surface area contributed by atoms with Crippen LogP contribution in [0.1, 0.15) is 6.92 Å². The van der Waals surface area contributed by atoms with Crippen LogP contribution in [0.15, 0.2) is 54.9 Å². The monoisotopic (exact) mass is 328 g/mol. The summed E-state index contributed by atoms with van der Waals surface area (Å²) in [5.41, 5.74) is 0.632. The minimum atomic E-state index is -0.974. The molecule has 1 aromatic heterocycles. The van der Waals surface area contributed by atoms with Crippen molar-refractivity contribution in [2.45, 2.75) is 13.0 Å². The van der Waals surface area contributed by atoms with Crippen molar-refractivity contribution in [3.63, 3.8) is 0 Å². The van der Waals surface area contributed by atoms with E-state index < -0.39 is 17.9 Å². The molecule has 0 N–H and O–H groups in total. The van der Waals surface area contributed by atoms with Gasteiger partial charge in [0, 0.05) is 6.07 Å². The van der Waals surface area contributed by atoms with Gasteiger partial charge in [-0.2, -0.15) is 0 Å². The molecule has 8 heteroatoms. The van der Waals surface area contributed by atoms with Crippen molar-refractivity contribution in [2.75, 3.05) is 0 Å². The van der Waals surface area contributed by atoms with E-state index in [0.29, 0.717) is 11.4 Å². The highest BCUT2D eigenvalue weighted by Crippen LogP contribution is 2.19.